The first-order valence-corrected chi connectivity index (χ1v) is 6.62. The standard InChI is InChI=1S/C13H20N4O2/c1-16-11(14)10(12(18)17(2)13(16)19)15-8-9-6-4-3-5-7-9/h8-9H,3-7,14H2,1-2H3. The highest BCUT2D eigenvalue weighted by atomic mass is 16.2. The number of nitrogens with two attached hydrogens (primary N) is 1. The third-order valence-corrected chi connectivity index (χ3v) is 3.75. The van der Waals surface area contributed by atoms with Crippen molar-refractivity contribution >= 4 is 17.7 Å². The predicted molar refractivity (Wildman–Crippen MR) is 76.1 cm³/mol. The maximum absolute atomic E-state index is 12.0. The SMILES string of the molecule is Cn1c(N)c(N=CC2CCCCC2)c(=O)n(C)c1=O. The number of hydrogen-bond donors (Lipinski definition) is 1. The molecule has 0 amide bonds. The highest BCUT2D eigenvalue weighted by Crippen LogP contribution is 2.23. The third-order valence-electron chi connectivity index (χ3n) is 3.75. The van der Waals surface area contributed by atoms with E-state index >= 15 is 0 Å². The average Bonchev–Trinajstić information content (AvgIpc) is 2.44. The van der Waals surface area contributed by atoms with Crippen LogP contribution in [0.15, 0.2) is 14.6 Å². The van der Waals surface area contributed by atoms with Gasteiger partial charge in [0.1, 0.15) is 5.82 Å². The Labute approximate surface area is 111 Å². The van der Waals surface area contributed by atoms with Crippen molar-refractivity contribution in [3.05, 3.63) is 20.8 Å². The highest BCUT2D eigenvalue weighted by Gasteiger charge is 2.14. The highest BCUT2D eigenvalue weighted by molar-refractivity contribution is 5.69. The van der Waals surface area contributed by atoms with E-state index in [1.807, 2.05) is 6.21 Å². The molecule has 0 bridgehead atoms. The number of nitrogen functional groups attached to an aromatic ring is 1. The fourth-order valence-corrected chi connectivity index (χ4v) is 2.43. The van der Waals surface area contributed by atoms with Gasteiger partial charge in [-0.1, -0.05) is 19.3 Å². The van der Waals surface area contributed by atoms with Crippen LogP contribution >= 0.6 is 0 Å². The van der Waals surface area contributed by atoms with Crippen LogP contribution in [0.25, 0.3) is 0 Å². The van der Waals surface area contributed by atoms with Gasteiger partial charge in [0.25, 0.3) is 5.56 Å². The lowest BCUT2D eigenvalue weighted by Crippen LogP contribution is -2.37. The van der Waals surface area contributed by atoms with E-state index in [1.165, 1.54) is 37.9 Å². The summed E-state index contributed by atoms with van der Waals surface area (Å²) < 4.78 is 2.28. The molecule has 104 valence electrons. The van der Waals surface area contributed by atoms with Gasteiger partial charge in [0.2, 0.25) is 0 Å². The first-order chi connectivity index (χ1) is 9.02. The van der Waals surface area contributed by atoms with Crippen molar-refractivity contribution in [2.45, 2.75) is 32.1 Å². The van der Waals surface area contributed by atoms with Crippen LogP contribution in [0.1, 0.15) is 32.1 Å². The second-order valence-electron chi connectivity index (χ2n) is 5.12. The number of aromatic nitrogens is 2. The maximum atomic E-state index is 12.0. The molecule has 19 heavy (non-hydrogen) atoms. The molecule has 6 nitrogen and oxygen atoms in total. The van der Waals surface area contributed by atoms with Crippen molar-refractivity contribution < 1.29 is 0 Å². The minimum Gasteiger partial charge on any atom is -0.383 e. The van der Waals surface area contributed by atoms with Crippen LogP contribution in [0.4, 0.5) is 11.5 Å². The Morgan fingerprint density at radius 3 is 2.42 bits per heavy atom. The Hall–Kier alpha value is -1.85. The summed E-state index contributed by atoms with van der Waals surface area (Å²) >= 11 is 0. The van der Waals surface area contributed by atoms with Crippen LogP contribution in [-0.2, 0) is 14.1 Å². The molecule has 1 aromatic heterocycles. The fraction of sp³-hybridized carbons (Fsp3) is 0.615. The molecule has 1 aromatic rings. The lowest BCUT2D eigenvalue weighted by atomic mass is 9.90. The molecule has 0 aliphatic heterocycles. The Balaban J connectivity index is 2.37. The molecular weight excluding hydrogens is 244 g/mol. The summed E-state index contributed by atoms with van der Waals surface area (Å²) in [6, 6.07) is 0. The second-order valence-corrected chi connectivity index (χ2v) is 5.12. The van der Waals surface area contributed by atoms with Gasteiger partial charge < -0.3 is 5.73 Å². The fourth-order valence-electron chi connectivity index (χ4n) is 2.43. The van der Waals surface area contributed by atoms with Crippen LogP contribution in [-0.4, -0.2) is 15.3 Å². The van der Waals surface area contributed by atoms with E-state index in [9.17, 15) is 9.59 Å². The zero-order chi connectivity index (χ0) is 14.0. The minimum atomic E-state index is -0.437. The van der Waals surface area contributed by atoms with Gasteiger partial charge in [-0.15, -0.1) is 0 Å². The van der Waals surface area contributed by atoms with Crippen molar-refractivity contribution in [3.8, 4) is 0 Å². The summed E-state index contributed by atoms with van der Waals surface area (Å²) in [7, 11) is 2.97. The van der Waals surface area contributed by atoms with Crippen LogP contribution in [0.3, 0.4) is 0 Å². The third kappa shape index (κ3) is 2.62. The van der Waals surface area contributed by atoms with Crippen molar-refractivity contribution in [1.82, 2.24) is 9.13 Å². The number of rotatable bonds is 2. The van der Waals surface area contributed by atoms with E-state index in [-0.39, 0.29) is 11.5 Å². The Morgan fingerprint density at radius 1 is 1.16 bits per heavy atom. The molecule has 0 spiro atoms. The molecule has 0 unspecified atom stereocenters. The Bertz CT molecular complexity index is 606. The smallest absolute Gasteiger partial charge is 0.332 e. The van der Waals surface area contributed by atoms with Crippen molar-refractivity contribution in [2.75, 3.05) is 5.73 Å². The summed E-state index contributed by atoms with van der Waals surface area (Å²) in [4.78, 5) is 27.9. The van der Waals surface area contributed by atoms with E-state index in [0.29, 0.717) is 5.92 Å². The molecule has 2 rings (SSSR count). The monoisotopic (exact) mass is 264 g/mol. The molecule has 2 N–H and O–H groups in total. The van der Waals surface area contributed by atoms with Crippen molar-refractivity contribution in [3.63, 3.8) is 0 Å². The molecule has 1 aliphatic carbocycles. The lowest BCUT2D eigenvalue weighted by molar-refractivity contribution is 0.445. The van der Waals surface area contributed by atoms with Crippen molar-refractivity contribution in [2.24, 2.45) is 25.0 Å². The Morgan fingerprint density at radius 2 is 1.79 bits per heavy atom. The van der Waals surface area contributed by atoms with Gasteiger partial charge in [-0.2, -0.15) is 0 Å². The lowest BCUT2D eigenvalue weighted by Gasteiger charge is -2.17. The number of anilines is 1. The Kier molecular flexibility index (Phi) is 3.87. The van der Waals surface area contributed by atoms with Gasteiger partial charge in [-0.05, 0) is 18.8 Å². The minimum absolute atomic E-state index is 0.125. The van der Waals surface area contributed by atoms with E-state index < -0.39 is 11.2 Å². The average molecular weight is 264 g/mol. The summed E-state index contributed by atoms with van der Waals surface area (Å²) in [5, 5.41) is 0. The van der Waals surface area contributed by atoms with Gasteiger partial charge in [-0.25, -0.2) is 4.79 Å². The zero-order valence-corrected chi connectivity index (χ0v) is 11.4. The molecule has 1 aliphatic rings. The van der Waals surface area contributed by atoms with Crippen LogP contribution in [0, 0.1) is 5.92 Å². The summed E-state index contributed by atoms with van der Waals surface area (Å²) in [6.45, 7) is 0. The summed E-state index contributed by atoms with van der Waals surface area (Å²) in [5.41, 5.74) is 5.10. The first-order valence-electron chi connectivity index (χ1n) is 6.62. The van der Waals surface area contributed by atoms with Gasteiger partial charge in [0.15, 0.2) is 5.69 Å². The maximum Gasteiger partial charge on any atom is 0.332 e. The van der Waals surface area contributed by atoms with E-state index in [4.69, 9.17) is 5.73 Å². The molecule has 1 fully saturated rings. The predicted octanol–water partition coefficient (Wildman–Crippen LogP) is 0.949. The largest absolute Gasteiger partial charge is 0.383 e. The molecule has 1 saturated carbocycles. The van der Waals surface area contributed by atoms with Gasteiger partial charge in [0.05, 0.1) is 0 Å². The molecule has 1 heterocycles. The van der Waals surface area contributed by atoms with E-state index in [1.54, 1.807) is 0 Å². The van der Waals surface area contributed by atoms with Gasteiger partial charge in [-0.3, -0.25) is 18.9 Å². The number of aliphatic imine (C=N–C) groups is 1. The topological polar surface area (TPSA) is 82.4 Å². The van der Waals surface area contributed by atoms with Crippen LogP contribution in [0.5, 0.6) is 0 Å². The molecule has 0 radical (unpaired) electrons. The van der Waals surface area contributed by atoms with Gasteiger partial charge >= 0.3 is 5.69 Å². The second kappa shape index (κ2) is 5.42. The summed E-state index contributed by atoms with van der Waals surface area (Å²) in [6.07, 6.45) is 7.71. The molecule has 0 aromatic carbocycles. The molecule has 6 heteroatoms. The van der Waals surface area contributed by atoms with Crippen LogP contribution < -0.4 is 17.0 Å². The number of hydrogen-bond acceptors (Lipinski definition) is 4. The normalized spacial score (nSPS) is 17.2. The first kappa shape index (κ1) is 13.6. The quantitative estimate of drug-likeness (QED) is 0.807. The van der Waals surface area contributed by atoms with Gasteiger partial charge in [0, 0.05) is 20.3 Å². The summed E-state index contributed by atoms with van der Waals surface area (Å²) in [5.74, 6) is 0.537. The molecule has 0 saturated heterocycles. The molecular formula is C13H20N4O2. The zero-order valence-electron chi connectivity index (χ0n) is 11.4. The molecule has 0 atom stereocenters. The van der Waals surface area contributed by atoms with E-state index in [0.717, 1.165) is 17.4 Å². The van der Waals surface area contributed by atoms with Crippen molar-refractivity contribution in [1.29, 1.82) is 0 Å². The van der Waals surface area contributed by atoms with Crippen LogP contribution in [0.2, 0.25) is 0 Å². The van der Waals surface area contributed by atoms with E-state index in [2.05, 4.69) is 4.99 Å². The number of nitrogens with zero attached hydrogens (tertiary/aromatic N) is 3.